The molecule has 1 aliphatic heterocycles. The summed E-state index contributed by atoms with van der Waals surface area (Å²) in [4.78, 5) is 14.1. The number of nitrogens with zero attached hydrogens (tertiary/aromatic N) is 1. The van der Waals surface area contributed by atoms with Crippen molar-refractivity contribution < 1.29 is 4.79 Å². The summed E-state index contributed by atoms with van der Waals surface area (Å²) in [5.74, 6) is 1.97. The van der Waals surface area contributed by atoms with Gasteiger partial charge in [0, 0.05) is 19.0 Å². The lowest BCUT2D eigenvalue weighted by molar-refractivity contribution is -0.137. The first-order valence-electron chi connectivity index (χ1n) is 6.21. The molecule has 0 bridgehead atoms. The van der Waals surface area contributed by atoms with Crippen LogP contribution in [0.3, 0.4) is 0 Å². The Morgan fingerprint density at radius 3 is 2.31 bits per heavy atom. The van der Waals surface area contributed by atoms with Gasteiger partial charge < -0.3 is 10.6 Å². The van der Waals surface area contributed by atoms with Crippen LogP contribution in [0.5, 0.6) is 0 Å². The third kappa shape index (κ3) is 3.11. The number of halogens is 1. The minimum atomic E-state index is 0. The van der Waals surface area contributed by atoms with Crippen LogP contribution in [0.2, 0.25) is 0 Å². The fraction of sp³-hybridized carbons (Fsp3) is 0.917. The van der Waals surface area contributed by atoms with Crippen LogP contribution in [0.25, 0.3) is 0 Å². The largest absolute Gasteiger partial charge is 0.342 e. The summed E-state index contributed by atoms with van der Waals surface area (Å²) in [7, 11) is 0. The Hall–Kier alpha value is -0.280. The lowest BCUT2D eigenvalue weighted by Crippen LogP contribution is -2.42. The van der Waals surface area contributed by atoms with Gasteiger partial charge in [-0.1, -0.05) is 6.92 Å². The van der Waals surface area contributed by atoms with Crippen molar-refractivity contribution in [3.05, 3.63) is 0 Å². The van der Waals surface area contributed by atoms with Crippen LogP contribution in [0.4, 0.5) is 0 Å². The molecule has 1 unspecified atom stereocenters. The Kier molecular flexibility index (Phi) is 5.06. The average Bonchev–Trinajstić information content (AvgIpc) is 3.11. The van der Waals surface area contributed by atoms with Gasteiger partial charge in [0.05, 0.1) is 0 Å². The van der Waals surface area contributed by atoms with E-state index in [1.807, 2.05) is 0 Å². The molecular weight excluding hydrogens is 224 g/mol. The molecule has 16 heavy (non-hydrogen) atoms. The van der Waals surface area contributed by atoms with E-state index in [1.165, 1.54) is 12.8 Å². The van der Waals surface area contributed by atoms with E-state index in [0.29, 0.717) is 17.7 Å². The zero-order valence-electron chi connectivity index (χ0n) is 10.0. The Bertz CT molecular complexity index is 235. The molecule has 2 fully saturated rings. The first kappa shape index (κ1) is 13.8. The van der Waals surface area contributed by atoms with Gasteiger partial charge in [0.1, 0.15) is 0 Å². The molecule has 3 nitrogen and oxygen atoms in total. The summed E-state index contributed by atoms with van der Waals surface area (Å²) in [6.07, 6.45) is 4.71. The molecular formula is C12H23ClN2O. The van der Waals surface area contributed by atoms with Crippen LogP contribution < -0.4 is 5.73 Å². The van der Waals surface area contributed by atoms with Crippen molar-refractivity contribution >= 4 is 18.3 Å². The predicted molar refractivity (Wildman–Crippen MR) is 67.5 cm³/mol. The smallest absolute Gasteiger partial charge is 0.225 e. The third-order valence-electron chi connectivity index (χ3n) is 3.98. The second-order valence-electron chi connectivity index (χ2n) is 5.13. The molecule has 0 aromatic rings. The normalized spacial score (nSPS) is 23.8. The molecule has 0 spiro atoms. The monoisotopic (exact) mass is 246 g/mol. The van der Waals surface area contributed by atoms with E-state index in [0.717, 1.165) is 32.5 Å². The molecule has 94 valence electrons. The maximum atomic E-state index is 12.1. The number of hydrogen-bond donors (Lipinski definition) is 1. The first-order chi connectivity index (χ1) is 7.22. The molecule has 0 aromatic carbocycles. The van der Waals surface area contributed by atoms with Gasteiger partial charge >= 0.3 is 0 Å². The van der Waals surface area contributed by atoms with Crippen molar-refractivity contribution in [1.29, 1.82) is 0 Å². The molecule has 1 amide bonds. The molecule has 1 saturated heterocycles. The molecule has 1 heterocycles. The zero-order chi connectivity index (χ0) is 10.8. The second-order valence-corrected chi connectivity index (χ2v) is 5.13. The van der Waals surface area contributed by atoms with Gasteiger partial charge in [0.15, 0.2) is 0 Å². The molecule has 0 radical (unpaired) electrons. The van der Waals surface area contributed by atoms with Crippen molar-refractivity contribution in [3.63, 3.8) is 0 Å². The number of hydrogen-bond acceptors (Lipinski definition) is 2. The highest BCUT2D eigenvalue weighted by atomic mass is 35.5. The molecule has 4 heteroatoms. The number of likely N-dealkylation sites (tertiary alicyclic amines) is 1. The number of carbonyl (C=O) groups excluding carboxylic acids is 1. The molecule has 1 saturated carbocycles. The van der Waals surface area contributed by atoms with Gasteiger partial charge in [-0.15, -0.1) is 12.4 Å². The van der Waals surface area contributed by atoms with Crippen LogP contribution >= 0.6 is 12.4 Å². The van der Waals surface area contributed by atoms with Crippen molar-refractivity contribution in [3.8, 4) is 0 Å². The minimum Gasteiger partial charge on any atom is -0.342 e. The highest BCUT2D eigenvalue weighted by Gasteiger charge is 2.35. The molecule has 1 aliphatic carbocycles. The van der Waals surface area contributed by atoms with Gasteiger partial charge in [-0.05, 0) is 44.1 Å². The van der Waals surface area contributed by atoms with E-state index < -0.39 is 0 Å². The highest BCUT2D eigenvalue weighted by Crippen LogP contribution is 2.37. The summed E-state index contributed by atoms with van der Waals surface area (Å²) in [5, 5.41) is 0. The number of carbonyl (C=O) groups is 1. The standard InChI is InChI=1S/C12H22N2O.ClH/c1-9(11-2-3-11)12(15)14-6-4-10(8-13)5-7-14;/h9-11H,2-8,13H2,1H3;1H. The summed E-state index contributed by atoms with van der Waals surface area (Å²) in [6.45, 7) is 4.73. The van der Waals surface area contributed by atoms with Gasteiger partial charge in [0.25, 0.3) is 0 Å². The zero-order valence-corrected chi connectivity index (χ0v) is 10.8. The Morgan fingerprint density at radius 1 is 1.31 bits per heavy atom. The van der Waals surface area contributed by atoms with Gasteiger partial charge in [-0.25, -0.2) is 0 Å². The van der Waals surface area contributed by atoms with Crippen molar-refractivity contribution in [2.75, 3.05) is 19.6 Å². The van der Waals surface area contributed by atoms with Gasteiger partial charge in [-0.3, -0.25) is 4.79 Å². The van der Waals surface area contributed by atoms with Crippen molar-refractivity contribution in [2.45, 2.75) is 32.6 Å². The van der Waals surface area contributed by atoms with Crippen LogP contribution in [0.1, 0.15) is 32.6 Å². The Labute approximate surface area is 104 Å². The Morgan fingerprint density at radius 2 is 1.88 bits per heavy atom. The SMILES string of the molecule is CC(C(=O)N1CCC(CN)CC1)C1CC1.Cl. The van der Waals surface area contributed by atoms with E-state index >= 15 is 0 Å². The fourth-order valence-corrected chi connectivity index (χ4v) is 2.47. The summed E-state index contributed by atoms with van der Waals surface area (Å²) >= 11 is 0. The molecule has 2 aliphatic rings. The van der Waals surface area contributed by atoms with Crippen LogP contribution in [-0.4, -0.2) is 30.4 Å². The van der Waals surface area contributed by atoms with Crippen molar-refractivity contribution in [1.82, 2.24) is 4.90 Å². The van der Waals surface area contributed by atoms with Crippen LogP contribution in [0, 0.1) is 17.8 Å². The fourth-order valence-electron chi connectivity index (χ4n) is 2.47. The van der Waals surface area contributed by atoms with Crippen LogP contribution in [-0.2, 0) is 4.79 Å². The number of piperidine rings is 1. The molecule has 0 aromatic heterocycles. The Balaban J connectivity index is 0.00000128. The quantitative estimate of drug-likeness (QED) is 0.823. The summed E-state index contributed by atoms with van der Waals surface area (Å²) in [6, 6.07) is 0. The van der Waals surface area contributed by atoms with Crippen molar-refractivity contribution in [2.24, 2.45) is 23.5 Å². The minimum absolute atomic E-state index is 0. The maximum absolute atomic E-state index is 12.1. The number of rotatable bonds is 3. The third-order valence-corrected chi connectivity index (χ3v) is 3.98. The van der Waals surface area contributed by atoms with Crippen LogP contribution in [0.15, 0.2) is 0 Å². The maximum Gasteiger partial charge on any atom is 0.225 e. The predicted octanol–water partition coefficient (Wildman–Crippen LogP) is 1.65. The van der Waals surface area contributed by atoms with E-state index in [4.69, 9.17) is 5.73 Å². The van der Waals surface area contributed by atoms with Gasteiger partial charge in [-0.2, -0.15) is 0 Å². The average molecular weight is 247 g/mol. The van der Waals surface area contributed by atoms with Gasteiger partial charge in [0.2, 0.25) is 5.91 Å². The summed E-state index contributed by atoms with van der Waals surface area (Å²) in [5.41, 5.74) is 5.64. The van der Waals surface area contributed by atoms with E-state index in [2.05, 4.69) is 11.8 Å². The molecule has 2 rings (SSSR count). The second kappa shape index (κ2) is 5.87. The summed E-state index contributed by atoms with van der Waals surface area (Å²) < 4.78 is 0. The van der Waals surface area contributed by atoms with E-state index in [-0.39, 0.29) is 18.3 Å². The molecule has 1 atom stereocenters. The first-order valence-corrected chi connectivity index (χ1v) is 6.21. The number of nitrogens with two attached hydrogens (primary N) is 1. The number of amides is 1. The van der Waals surface area contributed by atoms with E-state index in [1.54, 1.807) is 0 Å². The molecule has 2 N–H and O–H groups in total. The lowest BCUT2D eigenvalue weighted by Gasteiger charge is -2.33. The lowest BCUT2D eigenvalue weighted by atomic mass is 9.95. The highest BCUT2D eigenvalue weighted by molar-refractivity contribution is 5.85. The van der Waals surface area contributed by atoms with E-state index in [9.17, 15) is 4.79 Å². The topological polar surface area (TPSA) is 46.3 Å².